The molecule has 3 aromatic rings. The predicted molar refractivity (Wildman–Crippen MR) is 162 cm³/mol. The van der Waals surface area contributed by atoms with E-state index in [9.17, 15) is 14.0 Å². The molecule has 2 aliphatic rings. The Morgan fingerprint density at radius 3 is 2.70 bits per heavy atom. The van der Waals surface area contributed by atoms with Crippen LogP contribution >= 0.6 is 0 Å². The van der Waals surface area contributed by atoms with Crippen LogP contribution in [0.1, 0.15) is 45.0 Å². The van der Waals surface area contributed by atoms with Crippen molar-refractivity contribution in [3.05, 3.63) is 53.8 Å². The van der Waals surface area contributed by atoms with Crippen LogP contribution in [0.15, 0.2) is 42.5 Å². The van der Waals surface area contributed by atoms with Crippen LogP contribution in [0, 0.1) is 5.82 Å². The lowest BCUT2D eigenvalue weighted by molar-refractivity contribution is 0.0541. The Kier molecular flexibility index (Phi) is 8.86. The van der Waals surface area contributed by atoms with Crippen molar-refractivity contribution in [1.29, 1.82) is 0 Å². The van der Waals surface area contributed by atoms with E-state index >= 15 is 4.39 Å². The number of alkyl halides is 1. The molecule has 2 aromatic carbocycles. The van der Waals surface area contributed by atoms with Gasteiger partial charge in [0.1, 0.15) is 22.7 Å². The number of rotatable bonds is 7. The molecule has 0 bridgehead atoms. The highest BCUT2D eigenvalue weighted by molar-refractivity contribution is 6.03. The molecule has 3 amide bonds. The van der Waals surface area contributed by atoms with E-state index < -0.39 is 23.8 Å². The van der Waals surface area contributed by atoms with Crippen molar-refractivity contribution in [3.8, 4) is 22.9 Å². The molecular formula is C31H36F2N6O5. The second-order valence-electron chi connectivity index (χ2n) is 11.3. The van der Waals surface area contributed by atoms with E-state index in [1.807, 2.05) is 32.6 Å². The number of urea groups is 1. The van der Waals surface area contributed by atoms with E-state index in [1.165, 1.54) is 25.1 Å². The van der Waals surface area contributed by atoms with Crippen LogP contribution in [0.4, 0.5) is 30.9 Å². The van der Waals surface area contributed by atoms with Crippen molar-refractivity contribution in [2.45, 2.75) is 52.6 Å². The van der Waals surface area contributed by atoms with E-state index in [1.54, 1.807) is 29.2 Å². The molecular weight excluding hydrogens is 574 g/mol. The van der Waals surface area contributed by atoms with Crippen molar-refractivity contribution in [2.75, 3.05) is 48.4 Å². The number of carbonyl (C=O) groups excluding carboxylic acids is 2. The number of morpholine rings is 1. The van der Waals surface area contributed by atoms with Gasteiger partial charge in [0.05, 0.1) is 37.2 Å². The highest BCUT2D eigenvalue weighted by Crippen LogP contribution is 2.37. The highest BCUT2D eigenvalue weighted by Gasteiger charge is 2.38. The summed E-state index contributed by atoms with van der Waals surface area (Å²) in [6.45, 7) is 11.1. The number of anilines is 3. The topological polar surface area (TPSA) is 118 Å². The molecule has 2 aliphatic heterocycles. The fourth-order valence-electron chi connectivity index (χ4n) is 5.18. The van der Waals surface area contributed by atoms with E-state index in [0.717, 1.165) is 0 Å². The lowest BCUT2D eigenvalue weighted by Crippen LogP contribution is -2.44. The van der Waals surface area contributed by atoms with E-state index in [2.05, 4.69) is 10.6 Å². The zero-order valence-corrected chi connectivity index (χ0v) is 25.3. The van der Waals surface area contributed by atoms with Gasteiger partial charge in [0.25, 0.3) is 5.91 Å². The number of amides is 3. The smallest absolute Gasteiger partial charge is 0.323 e. The minimum atomic E-state index is -1.52. The first-order valence-corrected chi connectivity index (χ1v) is 14.5. The maximum Gasteiger partial charge on any atom is 0.323 e. The number of halogens is 2. The summed E-state index contributed by atoms with van der Waals surface area (Å²) in [6, 6.07) is 9.59. The molecule has 2 N–H and O–H groups in total. The molecule has 2 atom stereocenters. The Morgan fingerprint density at radius 1 is 1.20 bits per heavy atom. The summed E-state index contributed by atoms with van der Waals surface area (Å²) >= 11 is 0. The third-order valence-electron chi connectivity index (χ3n) is 7.20. The van der Waals surface area contributed by atoms with Crippen molar-refractivity contribution in [1.82, 2.24) is 14.9 Å². The van der Waals surface area contributed by atoms with Gasteiger partial charge in [-0.05, 0) is 52.0 Å². The molecule has 0 saturated carbocycles. The van der Waals surface area contributed by atoms with Crippen LogP contribution in [0.2, 0.25) is 0 Å². The monoisotopic (exact) mass is 610 g/mol. The molecule has 234 valence electrons. The number of ether oxygens (including phenoxy) is 3. The Labute approximate surface area is 254 Å². The summed E-state index contributed by atoms with van der Waals surface area (Å²) in [5.41, 5.74) is 0.166. The number of carbonyl (C=O) groups is 2. The largest absolute Gasteiger partial charge is 0.469 e. The van der Waals surface area contributed by atoms with Gasteiger partial charge in [-0.25, -0.2) is 18.6 Å². The van der Waals surface area contributed by atoms with Crippen molar-refractivity contribution < 1.29 is 32.6 Å². The maximum absolute atomic E-state index is 15.5. The summed E-state index contributed by atoms with van der Waals surface area (Å²) in [4.78, 5) is 39.6. The van der Waals surface area contributed by atoms with Gasteiger partial charge in [-0.15, -0.1) is 0 Å². The lowest BCUT2D eigenvalue weighted by atomic mass is 10.0. The van der Waals surface area contributed by atoms with Crippen LogP contribution in [-0.4, -0.2) is 77.7 Å². The molecule has 0 aliphatic carbocycles. The van der Waals surface area contributed by atoms with Crippen molar-refractivity contribution >= 4 is 29.3 Å². The average molecular weight is 611 g/mol. The van der Waals surface area contributed by atoms with Crippen LogP contribution < -0.4 is 25.0 Å². The fraction of sp³-hybridized carbons (Fsp3) is 0.419. The highest BCUT2D eigenvalue weighted by atomic mass is 19.1. The molecule has 1 unspecified atom stereocenters. The second-order valence-corrected chi connectivity index (χ2v) is 11.3. The minimum absolute atomic E-state index is 0.0364. The number of likely N-dealkylation sites (N-methyl/N-ethyl adjacent to an activating group) is 1. The number of fused-ring (bicyclic) bond motifs is 1. The summed E-state index contributed by atoms with van der Waals surface area (Å²) in [6.07, 6.45) is -1.52. The SMILES string of the molecule is CCN1CC(C)(C)Oc2nc(N3CCOC[C@@H]3C)nc(-c3ccc(NC(=O)Nc4cccc(OC(C)F)c4)c(F)c3)c2C1=O. The molecule has 0 radical (unpaired) electrons. The molecule has 13 heteroatoms. The number of aromatic nitrogens is 2. The first kappa shape index (κ1) is 30.9. The van der Waals surface area contributed by atoms with Crippen LogP contribution in [-0.2, 0) is 4.74 Å². The Bertz CT molecular complexity index is 1550. The van der Waals surface area contributed by atoms with E-state index in [-0.39, 0.29) is 40.5 Å². The van der Waals surface area contributed by atoms with Gasteiger partial charge in [0, 0.05) is 37.3 Å². The number of hydrogen-bond donors (Lipinski definition) is 2. The zero-order chi connectivity index (χ0) is 31.6. The van der Waals surface area contributed by atoms with Gasteiger partial charge in [-0.1, -0.05) is 12.1 Å². The summed E-state index contributed by atoms with van der Waals surface area (Å²) in [5.74, 6) is -0.362. The first-order valence-electron chi connectivity index (χ1n) is 14.5. The van der Waals surface area contributed by atoms with Crippen molar-refractivity contribution in [3.63, 3.8) is 0 Å². The van der Waals surface area contributed by atoms with Crippen LogP contribution in [0.3, 0.4) is 0 Å². The molecule has 0 spiro atoms. The number of hydrogen-bond acceptors (Lipinski definition) is 8. The summed E-state index contributed by atoms with van der Waals surface area (Å²) in [5, 5.41) is 5.06. The Morgan fingerprint density at radius 2 is 2.00 bits per heavy atom. The Hall–Kier alpha value is -4.52. The van der Waals surface area contributed by atoms with Crippen molar-refractivity contribution in [2.24, 2.45) is 0 Å². The van der Waals surface area contributed by atoms with Crippen LogP contribution in [0.5, 0.6) is 11.6 Å². The van der Waals surface area contributed by atoms with Gasteiger partial charge >= 0.3 is 6.03 Å². The van der Waals surface area contributed by atoms with Gasteiger partial charge in [-0.2, -0.15) is 4.98 Å². The fourth-order valence-corrected chi connectivity index (χ4v) is 5.18. The molecule has 1 saturated heterocycles. The van der Waals surface area contributed by atoms with E-state index in [0.29, 0.717) is 50.0 Å². The molecule has 1 aromatic heterocycles. The molecule has 3 heterocycles. The lowest BCUT2D eigenvalue weighted by Gasteiger charge is -2.34. The average Bonchev–Trinajstić information content (AvgIpc) is 3.06. The van der Waals surface area contributed by atoms with Crippen LogP contribution in [0.25, 0.3) is 11.3 Å². The van der Waals surface area contributed by atoms with Gasteiger partial charge in [-0.3, -0.25) is 4.79 Å². The normalized spacial score (nSPS) is 18.5. The third kappa shape index (κ3) is 6.83. The van der Waals surface area contributed by atoms with Gasteiger partial charge in [0.2, 0.25) is 18.2 Å². The Balaban J connectivity index is 1.48. The molecule has 11 nitrogen and oxygen atoms in total. The quantitative estimate of drug-likeness (QED) is 0.361. The minimum Gasteiger partial charge on any atom is -0.469 e. The van der Waals surface area contributed by atoms with Gasteiger partial charge < -0.3 is 34.6 Å². The summed E-state index contributed by atoms with van der Waals surface area (Å²) in [7, 11) is 0. The molecule has 44 heavy (non-hydrogen) atoms. The standard InChI is InChI=1S/C31H36F2N6O5/c1-6-38-17-31(4,5)44-27-25(28(38)40)26(36-29(37-27)39-12-13-42-16-18(39)2)20-10-11-24(23(33)14-20)35-30(41)34-21-8-7-9-22(15-21)43-19(3)32/h7-11,14-15,18-19H,6,12-13,16-17H2,1-5H3,(H2,34,35,41)/t18-,19?/m0/s1. The molecule has 5 rings (SSSR count). The summed E-state index contributed by atoms with van der Waals surface area (Å²) < 4.78 is 45.6. The van der Waals surface area contributed by atoms with Gasteiger partial charge in [0.15, 0.2) is 0 Å². The predicted octanol–water partition coefficient (Wildman–Crippen LogP) is 5.48. The number of benzene rings is 2. The molecule has 1 fully saturated rings. The third-order valence-corrected chi connectivity index (χ3v) is 7.20. The number of nitrogens with zero attached hydrogens (tertiary/aromatic N) is 4. The maximum atomic E-state index is 15.5. The second kappa shape index (κ2) is 12.6. The van der Waals surface area contributed by atoms with E-state index in [4.69, 9.17) is 24.2 Å². The number of nitrogens with one attached hydrogen (secondary N) is 2. The zero-order valence-electron chi connectivity index (χ0n) is 25.3. The first-order chi connectivity index (χ1) is 20.9.